The first-order valence-electron chi connectivity index (χ1n) is 12.8. The Morgan fingerprint density at radius 1 is 0.744 bits per heavy atom. The maximum atomic E-state index is 10.1. The zero-order chi connectivity index (χ0) is 28.4. The minimum absolute atomic E-state index is 0.167. The van der Waals surface area contributed by atoms with Crippen LogP contribution >= 0.6 is 0 Å². The Morgan fingerprint density at radius 3 is 1.62 bits per heavy atom. The Morgan fingerprint density at radius 2 is 1.15 bits per heavy atom. The predicted octanol–water partition coefficient (Wildman–Crippen LogP) is 2.09. The van der Waals surface area contributed by atoms with Crippen LogP contribution in [0.3, 0.4) is 0 Å². The van der Waals surface area contributed by atoms with Gasteiger partial charge in [0.2, 0.25) is 0 Å². The van der Waals surface area contributed by atoms with Gasteiger partial charge in [0.25, 0.3) is 0 Å². The molecule has 0 aliphatic carbocycles. The SMILES string of the molecule is CC(C)=O.CC(C)=O.OB1OB(O)O[B-]2(O1)Oc1ccccc1[C@H]2[NH+](Cc1ccccc1)Cc1ccccc1. The molecule has 2 heterocycles. The third kappa shape index (κ3) is 8.89. The van der Waals surface area contributed by atoms with E-state index in [9.17, 15) is 19.6 Å². The van der Waals surface area contributed by atoms with Gasteiger partial charge < -0.3 is 42.9 Å². The molecule has 1 atom stereocenters. The standard InChI is InChI=1S/C21H21B3NO6.2C3H6O/c26-22-29-23(27)31-24(30-22)21(19-13-7-8-14-20(19)28-24)25(15-17-9-3-1-4-10-17)16-18-11-5-2-6-12-18;2*1-3(2)4/h1-14,21,26-27H,15-16H2;2*1-2H3/q-1;;/p+1/t21-;;/m1../s1. The zero-order valence-corrected chi connectivity index (χ0v) is 22.7. The number of Topliss-reactive ketones (excluding diaryl/α,β-unsaturated/α-hetero) is 2. The fourth-order valence-electron chi connectivity index (χ4n) is 4.55. The van der Waals surface area contributed by atoms with E-state index >= 15 is 0 Å². The van der Waals surface area contributed by atoms with Crippen molar-refractivity contribution in [2.24, 2.45) is 0 Å². The van der Waals surface area contributed by atoms with Crippen molar-refractivity contribution in [3.63, 3.8) is 0 Å². The zero-order valence-electron chi connectivity index (χ0n) is 22.7. The van der Waals surface area contributed by atoms with Crippen molar-refractivity contribution in [1.82, 2.24) is 0 Å². The smallest absolute Gasteiger partial charge is 0.582 e. The van der Waals surface area contributed by atoms with Gasteiger partial charge in [-0.05, 0) is 33.8 Å². The summed E-state index contributed by atoms with van der Waals surface area (Å²) in [6, 6.07) is 27.9. The maximum absolute atomic E-state index is 10.1. The molecule has 1 spiro atoms. The van der Waals surface area contributed by atoms with Crippen LogP contribution in [0.2, 0.25) is 0 Å². The van der Waals surface area contributed by atoms with Gasteiger partial charge in [-0.25, -0.2) is 0 Å². The summed E-state index contributed by atoms with van der Waals surface area (Å²) in [6.45, 7) is 4.84. The molecule has 0 aromatic heterocycles. The van der Waals surface area contributed by atoms with Gasteiger partial charge in [0, 0.05) is 16.7 Å². The van der Waals surface area contributed by atoms with Gasteiger partial charge >= 0.3 is 21.4 Å². The molecule has 0 unspecified atom stereocenters. The largest absolute Gasteiger partial charge is 0.667 e. The Hall–Kier alpha value is -3.25. The normalized spacial score (nSPS) is 16.8. The number of carbonyl (C=O) groups excluding carboxylic acids is 2. The molecule has 12 heteroatoms. The molecule has 3 aromatic rings. The highest BCUT2D eigenvalue weighted by molar-refractivity contribution is 6.78. The van der Waals surface area contributed by atoms with Crippen LogP contribution in [0.4, 0.5) is 0 Å². The maximum Gasteiger partial charge on any atom is 0.582 e. The van der Waals surface area contributed by atoms with E-state index in [4.69, 9.17) is 18.4 Å². The Labute approximate surface area is 230 Å². The first kappa shape index (κ1) is 30.3. The lowest BCUT2D eigenvalue weighted by Crippen LogP contribution is -3.12. The average Bonchev–Trinajstić information content (AvgIpc) is 3.15. The van der Waals surface area contributed by atoms with Gasteiger partial charge in [0.05, 0.1) is 11.7 Å². The molecule has 1 fully saturated rings. The molecule has 39 heavy (non-hydrogen) atoms. The van der Waals surface area contributed by atoms with Crippen LogP contribution in [0, 0.1) is 0 Å². The molecule has 0 amide bonds. The number of quaternary nitrogens is 1. The summed E-state index contributed by atoms with van der Waals surface area (Å²) >= 11 is 0. The Bertz CT molecular complexity index is 1150. The highest BCUT2D eigenvalue weighted by atomic mass is 16.9. The third-order valence-corrected chi connectivity index (χ3v) is 5.79. The third-order valence-electron chi connectivity index (χ3n) is 5.79. The summed E-state index contributed by atoms with van der Waals surface area (Å²) in [5, 5.41) is 20.2. The van der Waals surface area contributed by atoms with Gasteiger partial charge in [0.1, 0.15) is 24.7 Å². The van der Waals surface area contributed by atoms with Crippen molar-refractivity contribution >= 4 is 33.0 Å². The molecule has 3 N–H and O–H groups in total. The number of para-hydroxylation sites is 1. The number of fused-ring (bicyclic) bond motifs is 1. The minimum Gasteiger partial charge on any atom is -0.667 e. The Balaban J connectivity index is 0.000000466. The molecular weight excluding hydrogens is 499 g/mol. The summed E-state index contributed by atoms with van der Waals surface area (Å²) in [6.07, 6.45) is 0. The van der Waals surface area contributed by atoms with Gasteiger partial charge in [0.15, 0.2) is 0 Å². The molecule has 0 bridgehead atoms. The number of hydrogen-bond acceptors (Lipinski definition) is 8. The van der Waals surface area contributed by atoms with Crippen LogP contribution in [0.5, 0.6) is 5.75 Å². The second-order valence-corrected chi connectivity index (χ2v) is 9.65. The van der Waals surface area contributed by atoms with Crippen molar-refractivity contribution in [1.29, 1.82) is 0 Å². The second kappa shape index (κ2) is 14.2. The Kier molecular flexibility index (Phi) is 11.1. The number of carbonyl (C=O) groups is 2. The van der Waals surface area contributed by atoms with E-state index in [1.807, 2.05) is 60.7 Å². The molecular formula is C27H34B3NO8. The van der Waals surface area contributed by atoms with Crippen LogP contribution in [0.1, 0.15) is 50.3 Å². The van der Waals surface area contributed by atoms with E-state index in [0.717, 1.165) is 21.6 Å². The van der Waals surface area contributed by atoms with Gasteiger partial charge in [-0.1, -0.05) is 78.9 Å². The monoisotopic (exact) mass is 533 g/mol. The van der Waals surface area contributed by atoms with Crippen LogP contribution < -0.4 is 9.55 Å². The summed E-state index contributed by atoms with van der Waals surface area (Å²) < 4.78 is 22.4. The van der Waals surface area contributed by atoms with E-state index in [0.29, 0.717) is 18.8 Å². The molecule has 0 radical (unpaired) electrons. The first-order chi connectivity index (χ1) is 18.6. The van der Waals surface area contributed by atoms with Gasteiger partial charge in [-0.3, -0.25) is 0 Å². The molecule has 5 rings (SSSR count). The fourth-order valence-corrected chi connectivity index (χ4v) is 4.55. The lowest BCUT2D eigenvalue weighted by atomic mass is 9.62. The molecule has 3 aromatic carbocycles. The van der Waals surface area contributed by atoms with Crippen molar-refractivity contribution in [3.05, 3.63) is 102 Å². The number of hydrogen-bond donors (Lipinski definition) is 3. The van der Waals surface area contributed by atoms with E-state index in [-0.39, 0.29) is 11.6 Å². The van der Waals surface area contributed by atoms with Crippen molar-refractivity contribution in [3.8, 4) is 5.75 Å². The summed E-state index contributed by atoms with van der Waals surface area (Å²) in [7, 11) is -3.31. The lowest BCUT2D eigenvalue weighted by molar-refractivity contribution is -0.948. The highest BCUT2D eigenvalue weighted by Gasteiger charge is 2.59. The molecule has 0 saturated carbocycles. The van der Waals surface area contributed by atoms with Crippen molar-refractivity contribution in [2.75, 3.05) is 0 Å². The average molecular weight is 533 g/mol. The van der Waals surface area contributed by atoms with Crippen molar-refractivity contribution < 1.29 is 42.9 Å². The van der Waals surface area contributed by atoms with Crippen LogP contribution in [-0.4, -0.2) is 43.0 Å². The van der Waals surface area contributed by atoms with E-state index in [1.54, 1.807) is 0 Å². The molecule has 2 aliphatic rings. The minimum atomic E-state index is -2.58. The van der Waals surface area contributed by atoms with Crippen LogP contribution in [0.15, 0.2) is 84.9 Å². The van der Waals surface area contributed by atoms with Crippen molar-refractivity contribution in [2.45, 2.75) is 46.7 Å². The molecule has 2 aliphatic heterocycles. The van der Waals surface area contributed by atoms with E-state index < -0.39 is 27.3 Å². The molecule has 9 nitrogen and oxygen atoms in total. The summed E-state index contributed by atoms with van der Waals surface area (Å²) in [5.41, 5.74) is 3.17. The molecule has 1 saturated heterocycles. The first-order valence-corrected chi connectivity index (χ1v) is 12.8. The number of nitrogens with one attached hydrogen (secondary N) is 1. The predicted molar refractivity (Wildman–Crippen MR) is 149 cm³/mol. The fraction of sp³-hybridized carbons (Fsp3) is 0.259. The summed E-state index contributed by atoms with van der Waals surface area (Å²) in [5.74, 6) is 0.497. The summed E-state index contributed by atoms with van der Waals surface area (Å²) in [4.78, 5) is 20.0. The van der Waals surface area contributed by atoms with E-state index in [2.05, 4.69) is 24.3 Å². The van der Waals surface area contributed by atoms with E-state index in [1.165, 1.54) is 27.7 Å². The number of rotatable bonds is 5. The number of ketones is 2. The van der Waals surface area contributed by atoms with Gasteiger partial charge in [-0.15, -0.1) is 0 Å². The topological polar surface area (TPSA) is 116 Å². The lowest BCUT2D eigenvalue weighted by Gasteiger charge is -2.47. The molecule has 204 valence electrons. The highest BCUT2D eigenvalue weighted by Crippen LogP contribution is 2.42. The number of benzene rings is 3. The van der Waals surface area contributed by atoms with Crippen LogP contribution in [-0.2, 0) is 36.4 Å². The van der Waals surface area contributed by atoms with Gasteiger partial charge in [-0.2, -0.15) is 0 Å². The second-order valence-electron chi connectivity index (χ2n) is 9.65. The quantitative estimate of drug-likeness (QED) is 0.428. The van der Waals surface area contributed by atoms with Crippen LogP contribution in [0.25, 0.3) is 0 Å².